The van der Waals surface area contributed by atoms with Gasteiger partial charge < -0.3 is 15.2 Å². The molecule has 0 aromatic carbocycles. The van der Waals surface area contributed by atoms with E-state index in [0.717, 1.165) is 12.8 Å². The van der Waals surface area contributed by atoms with Gasteiger partial charge in [-0.05, 0) is 12.8 Å². The number of carbonyl (C=O) groups excluding carboxylic acids is 1. The molecule has 3 heterocycles. The number of nitrogens with zero attached hydrogens (tertiary/aromatic N) is 5. The maximum Gasteiger partial charge on any atom is 0.276 e. The summed E-state index contributed by atoms with van der Waals surface area (Å²) in [7, 11) is 0. The quantitative estimate of drug-likeness (QED) is 0.915. The first-order chi connectivity index (χ1) is 10.6. The van der Waals surface area contributed by atoms with Crippen molar-refractivity contribution in [1.82, 2.24) is 25.0 Å². The van der Waals surface area contributed by atoms with Crippen LogP contribution in [0, 0.1) is 0 Å². The van der Waals surface area contributed by atoms with Crippen LogP contribution in [0.15, 0.2) is 16.9 Å². The monoisotopic (exact) mass is 302 g/mol. The van der Waals surface area contributed by atoms with E-state index in [1.165, 1.54) is 12.4 Å². The van der Waals surface area contributed by atoms with E-state index in [2.05, 4.69) is 20.1 Å². The lowest BCUT2D eigenvalue weighted by molar-refractivity contribution is 0.0723. The molecule has 8 nitrogen and oxygen atoms in total. The Morgan fingerprint density at radius 1 is 1.41 bits per heavy atom. The number of aromatic nitrogens is 4. The van der Waals surface area contributed by atoms with Gasteiger partial charge in [0.05, 0.1) is 6.04 Å². The Kier molecular flexibility index (Phi) is 3.74. The number of likely N-dealkylation sites (tertiary alicyclic amines) is 1. The Bertz CT molecular complexity index is 683. The van der Waals surface area contributed by atoms with Crippen LogP contribution in [0.3, 0.4) is 0 Å². The third-order valence-corrected chi connectivity index (χ3v) is 3.69. The molecule has 116 valence electrons. The van der Waals surface area contributed by atoms with Gasteiger partial charge in [0.2, 0.25) is 5.89 Å². The lowest BCUT2D eigenvalue weighted by Crippen LogP contribution is -2.32. The average molecular weight is 302 g/mol. The highest BCUT2D eigenvalue weighted by Gasteiger charge is 2.35. The molecule has 22 heavy (non-hydrogen) atoms. The van der Waals surface area contributed by atoms with E-state index < -0.39 is 0 Å². The van der Waals surface area contributed by atoms with Crippen molar-refractivity contribution in [2.75, 3.05) is 12.3 Å². The van der Waals surface area contributed by atoms with Crippen molar-refractivity contribution in [1.29, 1.82) is 0 Å². The van der Waals surface area contributed by atoms with Crippen LogP contribution in [-0.4, -0.2) is 37.5 Å². The molecule has 1 amide bonds. The molecule has 3 rings (SSSR count). The molecule has 0 bridgehead atoms. The van der Waals surface area contributed by atoms with Crippen LogP contribution >= 0.6 is 0 Å². The van der Waals surface area contributed by atoms with Crippen molar-refractivity contribution >= 4 is 11.7 Å². The molecule has 0 saturated carbocycles. The zero-order valence-electron chi connectivity index (χ0n) is 12.6. The minimum absolute atomic E-state index is 0.133. The Balaban J connectivity index is 1.86. The molecule has 1 saturated heterocycles. The lowest BCUT2D eigenvalue weighted by Gasteiger charge is -2.21. The first kappa shape index (κ1) is 14.4. The Hall–Kier alpha value is -2.51. The zero-order valence-corrected chi connectivity index (χ0v) is 12.6. The summed E-state index contributed by atoms with van der Waals surface area (Å²) in [4.78, 5) is 26.7. The van der Waals surface area contributed by atoms with E-state index in [1.54, 1.807) is 4.90 Å². The smallest absolute Gasteiger partial charge is 0.276 e. The van der Waals surface area contributed by atoms with Gasteiger partial charge in [-0.25, -0.2) is 9.97 Å². The largest absolute Gasteiger partial charge is 0.382 e. The fraction of sp³-hybridized carbons (Fsp3) is 0.500. The fourth-order valence-corrected chi connectivity index (χ4v) is 2.54. The van der Waals surface area contributed by atoms with Crippen molar-refractivity contribution in [3.63, 3.8) is 0 Å². The number of hydrogen-bond acceptors (Lipinski definition) is 7. The van der Waals surface area contributed by atoms with Gasteiger partial charge in [0.15, 0.2) is 17.3 Å². The third-order valence-electron chi connectivity index (χ3n) is 3.69. The van der Waals surface area contributed by atoms with Crippen molar-refractivity contribution in [2.24, 2.45) is 0 Å². The molecular formula is C14H18N6O2. The van der Waals surface area contributed by atoms with Crippen molar-refractivity contribution in [2.45, 2.75) is 38.6 Å². The standard InChI is InChI=1S/C14H18N6O2/c1-8(2)13-18-12(19-22-13)9-4-3-7-20(9)14(21)10-11(15)17-6-5-16-10/h5-6,8-9H,3-4,7H2,1-2H3,(H2,15,17)/t9-/m1/s1. The summed E-state index contributed by atoms with van der Waals surface area (Å²) in [6, 6.07) is -0.204. The van der Waals surface area contributed by atoms with E-state index in [4.69, 9.17) is 10.3 Å². The summed E-state index contributed by atoms with van der Waals surface area (Å²) in [6.07, 6.45) is 4.59. The predicted octanol–water partition coefficient (Wildman–Crippen LogP) is 1.54. The molecule has 2 aromatic heterocycles. The molecule has 1 fully saturated rings. The second-order valence-electron chi connectivity index (χ2n) is 5.59. The van der Waals surface area contributed by atoms with Gasteiger partial charge in [-0.2, -0.15) is 4.98 Å². The maximum absolute atomic E-state index is 12.6. The molecule has 1 atom stereocenters. The Morgan fingerprint density at radius 2 is 2.18 bits per heavy atom. The number of hydrogen-bond donors (Lipinski definition) is 1. The topological polar surface area (TPSA) is 111 Å². The zero-order chi connectivity index (χ0) is 15.7. The molecule has 2 aromatic rings. The van der Waals surface area contributed by atoms with E-state index in [9.17, 15) is 4.79 Å². The highest BCUT2D eigenvalue weighted by Crippen LogP contribution is 2.32. The van der Waals surface area contributed by atoms with Crippen LogP contribution in [0.2, 0.25) is 0 Å². The van der Waals surface area contributed by atoms with Gasteiger partial charge in [0.1, 0.15) is 0 Å². The molecule has 2 N–H and O–H groups in total. The Labute approximate surface area is 127 Å². The van der Waals surface area contributed by atoms with Gasteiger partial charge in [-0.1, -0.05) is 19.0 Å². The summed E-state index contributed by atoms with van der Waals surface area (Å²) in [5, 5.41) is 4.02. The molecule has 0 spiro atoms. The summed E-state index contributed by atoms with van der Waals surface area (Å²) in [6.45, 7) is 4.58. The van der Waals surface area contributed by atoms with E-state index >= 15 is 0 Å². The van der Waals surface area contributed by atoms with Crippen LogP contribution in [-0.2, 0) is 0 Å². The molecule has 0 radical (unpaired) electrons. The van der Waals surface area contributed by atoms with Crippen LogP contribution < -0.4 is 5.73 Å². The Morgan fingerprint density at radius 3 is 2.86 bits per heavy atom. The summed E-state index contributed by atoms with van der Waals surface area (Å²) < 4.78 is 5.24. The van der Waals surface area contributed by atoms with E-state index in [0.29, 0.717) is 18.3 Å². The highest BCUT2D eigenvalue weighted by molar-refractivity contribution is 5.96. The summed E-state index contributed by atoms with van der Waals surface area (Å²) in [5.74, 6) is 1.16. The second kappa shape index (κ2) is 5.70. The fourth-order valence-electron chi connectivity index (χ4n) is 2.54. The molecule has 8 heteroatoms. The summed E-state index contributed by atoms with van der Waals surface area (Å²) >= 11 is 0. The van der Waals surface area contributed by atoms with Gasteiger partial charge >= 0.3 is 0 Å². The SMILES string of the molecule is CC(C)c1nc([C@H]2CCCN2C(=O)c2nccnc2N)no1. The van der Waals surface area contributed by atoms with Crippen LogP contribution in [0.25, 0.3) is 0 Å². The van der Waals surface area contributed by atoms with Crippen molar-refractivity contribution in [3.05, 3.63) is 29.8 Å². The first-order valence-corrected chi connectivity index (χ1v) is 7.29. The summed E-state index contributed by atoms with van der Waals surface area (Å²) in [5.41, 5.74) is 5.91. The number of carbonyl (C=O) groups is 1. The van der Waals surface area contributed by atoms with Gasteiger partial charge in [0, 0.05) is 24.9 Å². The normalized spacial score (nSPS) is 18.1. The predicted molar refractivity (Wildman–Crippen MR) is 77.8 cm³/mol. The first-order valence-electron chi connectivity index (χ1n) is 7.29. The molecule has 1 aliphatic heterocycles. The van der Waals surface area contributed by atoms with Gasteiger partial charge in [-0.15, -0.1) is 0 Å². The van der Waals surface area contributed by atoms with Crippen LogP contribution in [0.1, 0.15) is 60.9 Å². The van der Waals surface area contributed by atoms with Crippen LogP contribution in [0.5, 0.6) is 0 Å². The van der Waals surface area contributed by atoms with Gasteiger partial charge in [-0.3, -0.25) is 4.79 Å². The minimum atomic E-state index is -0.246. The third kappa shape index (κ3) is 2.51. The number of nitrogens with two attached hydrogens (primary N) is 1. The number of nitrogen functional groups attached to an aromatic ring is 1. The lowest BCUT2D eigenvalue weighted by atomic mass is 10.2. The minimum Gasteiger partial charge on any atom is -0.382 e. The average Bonchev–Trinajstić information content (AvgIpc) is 3.15. The number of amides is 1. The molecule has 1 aliphatic rings. The van der Waals surface area contributed by atoms with E-state index in [1.807, 2.05) is 13.8 Å². The number of rotatable bonds is 3. The molecular weight excluding hydrogens is 284 g/mol. The van der Waals surface area contributed by atoms with E-state index in [-0.39, 0.29) is 29.4 Å². The number of anilines is 1. The molecule has 0 aliphatic carbocycles. The molecule has 0 unspecified atom stereocenters. The van der Waals surface area contributed by atoms with Crippen molar-refractivity contribution < 1.29 is 9.32 Å². The maximum atomic E-state index is 12.6. The van der Waals surface area contributed by atoms with Gasteiger partial charge in [0.25, 0.3) is 5.91 Å². The van der Waals surface area contributed by atoms with Crippen molar-refractivity contribution in [3.8, 4) is 0 Å². The highest BCUT2D eigenvalue weighted by atomic mass is 16.5. The second-order valence-corrected chi connectivity index (χ2v) is 5.59. The van der Waals surface area contributed by atoms with Crippen LogP contribution in [0.4, 0.5) is 5.82 Å².